The van der Waals surface area contributed by atoms with Gasteiger partial charge in [-0.25, -0.2) is 10.8 Å². The van der Waals surface area contributed by atoms with Crippen molar-refractivity contribution in [1.29, 1.82) is 0 Å². The Morgan fingerprint density at radius 1 is 1.18 bits per heavy atom. The highest BCUT2D eigenvalue weighted by atomic mass is 79.9. The second-order valence-electron chi connectivity index (χ2n) is 3.39. The summed E-state index contributed by atoms with van der Waals surface area (Å²) in [5.41, 5.74) is 3.58. The van der Waals surface area contributed by atoms with Gasteiger partial charge in [0.2, 0.25) is 5.95 Å². The van der Waals surface area contributed by atoms with E-state index in [1.807, 2.05) is 24.3 Å². The van der Waals surface area contributed by atoms with Gasteiger partial charge in [0.15, 0.2) is 0 Å². The molecule has 0 atom stereocenters. The molecule has 1 aromatic heterocycles. The zero-order chi connectivity index (χ0) is 12.1. The van der Waals surface area contributed by atoms with Crippen LogP contribution in [0.3, 0.4) is 0 Å². The van der Waals surface area contributed by atoms with Gasteiger partial charge in [-0.3, -0.25) is 5.43 Å². The van der Waals surface area contributed by atoms with Crippen LogP contribution < -0.4 is 16.6 Å². The van der Waals surface area contributed by atoms with Crippen molar-refractivity contribution in [3.05, 3.63) is 46.6 Å². The van der Waals surface area contributed by atoms with E-state index < -0.39 is 0 Å². The summed E-state index contributed by atoms with van der Waals surface area (Å²) >= 11 is 3.40. The number of anilines is 2. The topological polar surface area (TPSA) is 75.9 Å². The van der Waals surface area contributed by atoms with Crippen molar-refractivity contribution in [2.45, 2.75) is 6.54 Å². The molecule has 0 amide bonds. The molecule has 2 rings (SSSR count). The second-order valence-corrected chi connectivity index (χ2v) is 4.31. The van der Waals surface area contributed by atoms with E-state index in [1.165, 1.54) is 5.56 Å². The van der Waals surface area contributed by atoms with Crippen molar-refractivity contribution in [2.24, 2.45) is 5.84 Å². The highest BCUT2D eigenvalue weighted by Crippen LogP contribution is 2.12. The maximum atomic E-state index is 5.23. The Morgan fingerprint density at radius 3 is 2.65 bits per heavy atom. The van der Waals surface area contributed by atoms with Gasteiger partial charge in [-0.2, -0.15) is 4.98 Å². The zero-order valence-electron chi connectivity index (χ0n) is 9.02. The van der Waals surface area contributed by atoms with Crippen LogP contribution in [-0.2, 0) is 6.54 Å². The van der Waals surface area contributed by atoms with Crippen molar-refractivity contribution in [1.82, 2.24) is 9.97 Å². The van der Waals surface area contributed by atoms with Crippen LogP contribution in [0.2, 0.25) is 0 Å². The molecule has 6 heteroatoms. The van der Waals surface area contributed by atoms with Gasteiger partial charge in [0.1, 0.15) is 5.82 Å². The lowest BCUT2D eigenvalue weighted by Gasteiger charge is -2.06. The fourth-order valence-corrected chi connectivity index (χ4v) is 1.59. The maximum Gasteiger partial charge on any atom is 0.239 e. The molecule has 0 saturated carbocycles. The molecular weight excluding hydrogens is 282 g/mol. The molecular formula is C11H12BrN5. The van der Waals surface area contributed by atoms with Gasteiger partial charge >= 0.3 is 0 Å². The summed E-state index contributed by atoms with van der Waals surface area (Å²) in [5.74, 6) is 6.36. The van der Waals surface area contributed by atoms with Crippen LogP contribution in [-0.4, -0.2) is 9.97 Å². The molecule has 0 fully saturated rings. The van der Waals surface area contributed by atoms with Gasteiger partial charge in [-0.05, 0) is 23.8 Å². The largest absolute Gasteiger partial charge is 0.366 e. The van der Waals surface area contributed by atoms with Gasteiger partial charge in [0.25, 0.3) is 0 Å². The number of benzene rings is 1. The van der Waals surface area contributed by atoms with E-state index in [4.69, 9.17) is 5.84 Å². The molecule has 0 aliphatic carbocycles. The number of hydrogen-bond acceptors (Lipinski definition) is 5. The maximum absolute atomic E-state index is 5.23. The van der Waals surface area contributed by atoms with Crippen molar-refractivity contribution >= 4 is 27.7 Å². The summed E-state index contributed by atoms with van der Waals surface area (Å²) in [4.78, 5) is 8.09. The van der Waals surface area contributed by atoms with Gasteiger partial charge in [0, 0.05) is 17.2 Å². The highest BCUT2D eigenvalue weighted by Gasteiger charge is 1.97. The Morgan fingerprint density at radius 2 is 1.94 bits per heavy atom. The summed E-state index contributed by atoms with van der Waals surface area (Å²) in [6.45, 7) is 0.703. The third-order valence-corrected chi connectivity index (χ3v) is 2.70. The quantitative estimate of drug-likeness (QED) is 0.595. The molecule has 0 aliphatic rings. The Balaban J connectivity index is 1.99. The number of rotatable bonds is 4. The second kappa shape index (κ2) is 5.60. The van der Waals surface area contributed by atoms with Crippen LogP contribution in [0.1, 0.15) is 5.56 Å². The van der Waals surface area contributed by atoms with E-state index in [0.29, 0.717) is 12.5 Å². The molecule has 4 N–H and O–H groups in total. The summed E-state index contributed by atoms with van der Waals surface area (Å²) < 4.78 is 1.07. The van der Waals surface area contributed by atoms with Gasteiger partial charge in [-0.1, -0.05) is 28.1 Å². The van der Waals surface area contributed by atoms with Gasteiger partial charge in [-0.15, -0.1) is 0 Å². The van der Waals surface area contributed by atoms with Crippen LogP contribution in [0.4, 0.5) is 11.8 Å². The molecule has 0 aliphatic heterocycles. The molecule has 1 heterocycles. The molecule has 17 heavy (non-hydrogen) atoms. The average Bonchev–Trinajstić information content (AvgIpc) is 2.38. The number of nitrogens with one attached hydrogen (secondary N) is 2. The van der Waals surface area contributed by atoms with Crippen molar-refractivity contribution in [2.75, 3.05) is 10.7 Å². The minimum absolute atomic E-state index is 0.394. The van der Waals surface area contributed by atoms with Crippen molar-refractivity contribution in [3.8, 4) is 0 Å². The number of nitrogens with zero attached hydrogens (tertiary/aromatic N) is 2. The molecule has 0 spiro atoms. The van der Waals surface area contributed by atoms with Gasteiger partial charge in [0.05, 0.1) is 0 Å². The predicted octanol–water partition coefficient (Wildman–Crippen LogP) is 2.14. The van der Waals surface area contributed by atoms with E-state index in [1.54, 1.807) is 12.3 Å². The minimum atomic E-state index is 0.394. The first-order valence-corrected chi connectivity index (χ1v) is 5.85. The number of hydrogen-bond donors (Lipinski definition) is 3. The average molecular weight is 294 g/mol. The standard InChI is InChI=1S/C11H12BrN5/c12-9-3-1-8(2-4-9)7-15-10-5-6-14-11(16-10)17-13/h1-6H,7,13H2,(H2,14,15,16,17). The lowest BCUT2D eigenvalue weighted by molar-refractivity contribution is 1.07. The van der Waals surface area contributed by atoms with E-state index in [-0.39, 0.29) is 0 Å². The lowest BCUT2D eigenvalue weighted by Crippen LogP contribution is -2.11. The Kier molecular flexibility index (Phi) is 3.89. The number of halogens is 1. The van der Waals surface area contributed by atoms with E-state index in [2.05, 4.69) is 36.6 Å². The SMILES string of the molecule is NNc1nccc(NCc2ccc(Br)cc2)n1. The summed E-state index contributed by atoms with van der Waals surface area (Å²) in [6, 6.07) is 9.88. The van der Waals surface area contributed by atoms with E-state index >= 15 is 0 Å². The first kappa shape index (κ1) is 11.8. The third kappa shape index (κ3) is 3.40. The van der Waals surface area contributed by atoms with Crippen LogP contribution in [0.15, 0.2) is 41.0 Å². The molecule has 0 bridgehead atoms. The van der Waals surface area contributed by atoms with Gasteiger partial charge < -0.3 is 5.32 Å². The number of nitrogens with two attached hydrogens (primary N) is 1. The molecule has 0 saturated heterocycles. The number of nitrogen functional groups attached to an aromatic ring is 1. The molecule has 0 radical (unpaired) electrons. The smallest absolute Gasteiger partial charge is 0.239 e. The molecule has 1 aromatic carbocycles. The summed E-state index contributed by atoms with van der Waals surface area (Å²) in [7, 11) is 0. The fourth-order valence-electron chi connectivity index (χ4n) is 1.32. The Labute approximate surface area is 108 Å². The predicted molar refractivity (Wildman–Crippen MR) is 71.3 cm³/mol. The monoisotopic (exact) mass is 293 g/mol. The molecule has 88 valence electrons. The van der Waals surface area contributed by atoms with Crippen molar-refractivity contribution < 1.29 is 0 Å². The Hall–Kier alpha value is -1.66. The van der Waals surface area contributed by atoms with E-state index in [9.17, 15) is 0 Å². The lowest BCUT2D eigenvalue weighted by atomic mass is 10.2. The van der Waals surface area contributed by atoms with Crippen molar-refractivity contribution in [3.63, 3.8) is 0 Å². The summed E-state index contributed by atoms with van der Waals surface area (Å²) in [5, 5.41) is 3.19. The Bertz CT molecular complexity index is 485. The zero-order valence-corrected chi connectivity index (χ0v) is 10.6. The molecule has 5 nitrogen and oxygen atoms in total. The fraction of sp³-hybridized carbons (Fsp3) is 0.0909. The van der Waals surface area contributed by atoms with Crippen LogP contribution in [0.25, 0.3) is 0 Å². The number of hydrazine groups is 1. The first-order valence-electron chi connectivity index (χ1n) is 5.06. The van der Waals surface area contributed by atoms with Crippen LogP contribution in [0, 0.1) is 0 Å². The minimum Gasteiger partial charge on any atom is -0.366 e. The highest BCUT2D eigenvalue weighted by molar-refractivity contribution is 9.10. The number of aromatic nitrogens is 2. The third-order valence-electron chi connectivity index (χ3n) is 2.17. The summed E-state index contributed by atoms with van der Waals surface area (Å²) in [6.07, 6.45) is 1.64. The van der Waals surface area contributed by atoms with Crippen LogP contribution >= 0.6 is 15.9 Å². The van der Waals surface area contributed by atoms with Crippen LogP contribution in [0.5, 0.6) is 0 Å². The molecule has 0 unspecified atom stereocenters. The first-order chi connectivity index (χ1) is 8.28. The molecule has 2 aromatic rings. The van der Waals surface area contributed by atoms with E-state index in [0.717, 1.165) is 10.3 Å². The normalized spacial score (nSPS) is 10.0.